The third kappa shape index (κ3) is 3.21. The zero-order valence-electron chi connectivity index (χ0n) is 16.2. The smallest absolute Gasteiger partial charge is 0.240 e. The van der Waals surface area contributed by atoms with Crippen molar-refractivity contribution >= 4 is 32.5 Å². The van der Waals surface area contributed by atoms with Gasteiger partial charge >= 0.3 is 0 Å². The first-order valence-corrected chi connectivity index (χ1v) is 10.7. The van der Waals surface area contributed by atoms with Crippen LogP contribution in [0.3, 0.4) is 0 Å². The van der Waals surface area contributed by atoms with Crippen LogP contribution in [0.5, 0.6) is 0 Å². The van der Waals surface area contributed by atoms with E-state index in [2.05, 4.69) is 21.8 Å². The van der Waals surface area contributed by atoms with Gasteiger partial charge in [0.2, 0.25) is 15.9 Å². The van der Waals surface area contributed by atoms with Crippen LogP contribution >= 0.6 is 0 Å². The fourth-order valence-corrected chi connectivity index (χ4v) is 4.91. The van der Waals surface area contributed by atoms with Crippen LogP contribution in [-0.4, -0.2) is 32.9 Å². The summed E-state index contributed by atoms with van der Waals surface area (Å²) in [6, 6.07) is 11.1. The minimum atomic E-state index is -3.63. The standard InChI is InChI=1S/C21H23N3O3S/c1-13-4-6-19-18(10-13)17(14(2)23-19)8-9-22-28(26,27)16-5-7-20-15(11-16)12-21(25)24(20)3/h4-7,10-11,22-23H,8-9,12H2,1-3H3. The Bertz CT molecular complexity index is 1200. The molecule has 7 heteroatoms. The largest absolute Gasteiger partial charge is 0.358 e. The number of sulfonamides is 1. The molecule has 28 heavy (non-hydrogen) atoms. The molecule has 2 heterocycles. The summed E-state index contributed by atoms with van der Waals surface area (Å²) >= 11 is 0. The van der Waals surface area contributed by atoms with Crippen LogP contribution in [-0.2, 0) is 27.7 Å². The van der Waals surface area contributed by atoms with Gasteiger partial charge in [0, 0.05) is 35.9 Å². The third-order valence-electron chi connectivity index (χ3n) is 5.38. The molecule has 0 bridgehead atoms. The molecule has 0 aliphatic carbocycles. The number of carbonyl (C=O) groups is 1. The number of hydrogen-bond donors (Lipinski definition) is 2. The minimum absolute atomic E-state index is 0.0254. The number of fused-ring (bicyclic) bond motifs is 2. The molecule has 0 unspecified atom stereocenters. The summed E-state index contributed by atoms with van der Waals surface area (Å²) < 4.78 is 28.1. The van der Waals surface area contributed by atoms with Crippen molar-refractivity contribution < 1.29 is 13.2 Å². The number of H-pyrrole nitrogens is 1. The van der Waals surface area contributed by atoms with Gasteiger partial charge in [0.05, 0.1) is 11.3 Å². The molecule has 0 saturated heterocycles. The molecule has 6 nitrogen and oxygen atoms in total. The Kier molecular flexibility index (Phi) is 4.51. The molecule has 146 valence electrons. The quantitative estimate of drug-likeness (QED) is 0.695. The second-order valence-electron chi connectivity index (χ2n) is 7.35. The second-order valence-corrected chi connectivity index (χ2v) is 9.11. The molecule has 1 aliphatic rings. The molecule has 0 saturated carbocycles. The Morgan fingerprint density at radius 1 is 1.14 bits per heavy atom. The lowest BCUT2D eigenvalue weighted by Gasteiger charge is -2.11. The third-order valence-corrected chi connectivity index (χ3v) is 6.84. The summed E-state index contributed by atoms with van der Waals surface area (Å²) in [6.45, 7) is 4.36. The predicted octanol–water partition coefficient (Wildman–Crippen LogP) is 2.82. The number of aryl methyl sites for hydroxylation is 2. The average molecular weight is 398 g/mol. The van der Waals surface area contributed by atoms with Gasteiger partial charge in [0.25, 0.3) is 0 Å². The lowest BCUT2D eigenvalue weighted by atomic mass is 10.1. The van der Waals surface area contributed by atoms with Gasteiger partial charge in [-0.1, -0.05) is 11.6 Å². The summed E-state index contributed by atoms with van der Waals surface area (Å²) in [7, 11) is -1.93. The van der Waals surface area contributed by atoms with Crippen LogP contribution < -0.4 is 9.62 Å². The maximum absolute atomic E-state index is 12.7. The van der Waals surface area contributed by atoms with Gasteiger partial charge in [-0.05, 0) is 61.7 Å². The van der Waals surface area contributed by atoms with E-state index in [4.69, 9.17) is 0 Å². The molecule has 3 aromatic rings. The van der Waals surface area contributed by atoms with E-state index in [1.807, 2.05) is 19.9 Å². The number of aromatic amines is 1. The molecule has 2 aromatic carbocycles. The van der Waals surface area contributed by atoms with Crippen molar-refractivity contribution in [3.8, 4) is 0 Å². The van der Waals surface area contributed by atoms with Crippen molar-refractivity contribution in [2.45, 2.75) is 31.6 Å². The molecule has 1 aromatic heterocycles. The van der Waals surface area contributed by atoms with E-state index in [0.29, 0.717) is 13.0 Å². The van der Waals surface area contributed by atoms with Gasteiger partial charge in [0.1, 0.15) is 0 Å². The zero-order valence-corrected chi connectivity index (χ0v) is 17.0. The van der Waals surface area contributed by atoms with E-state index < -0.39 is 10.0 Å². The fraction of sp³-hybridized carbons (Fsp3) is 0.286. The Morgan fingerprint density at radius 2 is 1.93 bits per heavy atom. The number of benzene rings is 2. The number of anilines is 1. The number of amides is 1. The van der Waals surface area contributed by atoms with Crippen molar-refractivity contribution in [2.24, 2.45) is 0 Å². The normalized spacial score (nSPS) is 14.1. The molecule has 1 aliphatic heterocycles. The summed E-state index contributed by atoms with van der Waals surface area (Å²) in [6.07, 6.45) is 0.837. The Balaban J connectivity index is 1.51. The molecule has 0 radical (unpaired) electrons. The Hall–Kier alpha value is -2.64. The van der Waals surface area contributed by atoms with Crippen molar-refractivity contribution in [3.63, 3.8) is 0 Å². The van der Waals surface area contributed by atoms with Gasteiger partial charge in [-0.2, -0.15) is 0 Å². The molecule has 4 rings (SSSR count). The van der Waals surface area contributed by atoms with E-state index in [-0.39, 0.29) is 17.2 Å². The van der Waals surface area contributed by atoms with Crippen molar-refractivity contribution in [3.05, 3.63) is 58.8 Å². The maximum atomic E-state index is 12.7. The van der Waals surface area contributed by atoms with Crippen molar-refractivity contribution in [2.75, 3.05) is 18.5 Å². The van der Waals surface area contributed by atoms with Crippen LogP contribution in [0.4, 0.5) is 5.69 Å². The lowest BCUT2D eigenvalue weighted by molar-refractivity contribution is -0.117. The first-order valence-electron chi connectivity index (χ1n) is 9.23. The summed E-state index contributed by atoms with van der Waals surface area (Å²) in [4.78, 5) is 16.9. The lowest BCUT2D eigenvalue weighted by Crippen LogP contribution is -2.26. The first kappa shape index (κ1) is 18.7. The highest BCUT2D eigenvalue weighted by Gasteiger charge is 2.26. The number of carbonyl (C=O) groups excluding carboxylic acids is 1. The van der Waals surface area contributed by atoms with Gasteiger partial charge in [0.15, 0.2) is 0 Å². The Labute approximate surface area is 164 Å². The highest BCUT2D eigenvalue weighted by atomic mass is 32.2. The number of aromatic nitrogens is 1. The zero-order chi connectivity index (χ0) is 20.1. The van der Waals surface area contributed by atoms with Crippen molar-refractivity contribution in [1.82, 2.24) is 9.71 Å². The van der Waals surface area contributed by atoms with Gasteiger partial charge in [-0.25, -0.2) is 13.1 Å². The van der Waals surface area contributed by atoms with E-state index >= 15 is 0 Å². The number of nitrogens with one attached hydrogen (secondary N) is 2. The van der Waals surface area contributed by atoms with Crippen LogP contribution in [0.15, 0.2) is 41.3 Å². The van der Waals surface area contributed by atoms with Gasteiger partial charge < -0.3 is 9.88 Å². The van der Waals surface area contributed by atoms with E-state index in [1.54, 1.807) is 30.1 Å². The molecule has 1 amide bonds. The van der Waals surface area contributed by atoms with Crippen molar-refractivity contribution in [1.29, 1.82) is 0 Å². The Morgan fingerprint density at radius 3 is 2.71 bits per heavy atom. The topological polar surface area (TPSA) is 82.3 Å². The highest BCUT2D eigenvalue weighted by Crippen LogP contribution is 2.29. The fourth-order valence-electron chi connectivity index (χ4n) is 3.83. The van der Waals surface area contributed by atoms with E-state index in [0.717, 1.165) is 33.4 Å². The number of hydrogen-bond acceptors (Lipinski definition) is 3. The van der Waals surface area contributed by atoms with Gasteiger partial charge in [-0.15, -0.1) is 0 Å². The highest BCUT2D eigenvalue weighted by molar-refractivity contribution is 7.89. The molecular weight excluding hydrogens is 374 g/mol. The molecule has 2 N–H and O–H groups in total. The van der Waals surface area contributed by atoms with Crippen LogP contribution in [0, 0.1) is 13.8 Å². The molecule has 0 spiro atoms. The molecule has 0 atom stereocenters. The number of likely N-dealkylation sites (N-methyl/N-ethyl adjacent to an activating group) is 1. The SMILES string of the molecule is Cc1ccc2[nH]c(C)c(CCNS(=O)(=O)c3ccc4c(c3)CC(=O)N4C)c2c1. The minimum Gasteiger partial charge on any atom is -0.358 e. The monoisotopic (exact) mass is 397 g/mol. The number of rotatable bonds is 5. The molecular formula is C21H23N3O3S. The van der Waals surface area contributed by atoms with E-state index in [9.17, 15) is 13.2 Å². The van der Waals surface area contributed by atoms with E-state index in [1.165, 1.54) is 5.56 Å². The summed E-state index contributed by atoms with van der Waals surface area (Å²) in [5.74, 6) is -0.0254. The average Bonchev–Trinajstić information content (AvgIpc) is 3.11. The molecule has 0 fully saturated rings. The predicted molar refractivity (Wildman–Crippen MR) is 110 cm³/mol. The summed E-state index contributed by atoms with van der Waals surface area (Å²) in [5, 5.41) is 1.13. The van der Waals surface area contributed by atoms with Crippen LogP contribution in [0.2, 0.25) is 0 Å². The summed E-state index contributed by atoms with van der Waals surface area (Å²) in [5.41, 5.74) is 5.94. The number of nitrogens with zero attached hydrogens (tertiary/aromatic N) is 1. The first-order chi connectivity index (χ1) is 13.3. The van der Waals surface area contributed by atoms with Crippen LogP contribution in [0.25, 0.3) is 10.9 Å². The maximum Gasteiger partial charge on any atom is 0.240 e. The van der Waals surface area contributed by atoms with Crippen LogP contribution in [0.1, 0.15) is 22.4 Å². The second kappa shape index (κ2) is 6.76. The van der Waals surface area contributed by atoms with Gasteiger partial charge in [-0.3, -0.25) is 4.79 Å².